The van der Waals surface area contributed by atoms with Crippen molar-refractivity contribution in [3.05, 3.63) is 0 Å². The van der Waals surface area contributed by atoms with Crippen molar-refractivity contribution in [3.8, 4) is 0 Å². The van der Waals surface area contributed by atoms with Crippen molar-refractivity contribution in [2.45, 2.75) is 32.2 Å². The van der Waals surface area contributed by atoms with Crippen LogP contribution in [-0.4, -0.2) is 50.5 Å². The summed E-state index contributed by atoms with van der Waals surface area (Å²) >= 11 is 0. The van der Waals surface area contributed by atoms with Crippen molar-refractivity contribution >= 4 is 9.84 Å². The number of hydrogen-bond acceptors (Lipinski definition) is 4. The quantitative estimate of drug-likeness (QED) is 0.774. The fraction of sp³-hybridized carbons (Fsp3) is 1.00. The molecule has 2 fully saturated rings. The van der Waals surface area contributed by atoms with Gasteiger partial charge in [-0.15, -0.1) is 0 Å². The number of hydrogen-bond donors (Lipinski definition) is 1. The van der Waals surface area contributed by atoms with E-state index in [1.165, 1.54) is 19.3 Å². The maximum Gasteiger partial charge on any atom is 0.153 e. The van der Waals surface area contributed by atoms with Gasteiger partial charge in [0.1, 0.15) is 0 Å². The van der Waals surface area contributed by atoms with Gasteiger partial charge in [0.15, 0.2) is 9.84 Å². The van der Waals surface area contributed by atoms with Gasteiger partial charge in [-0.2, -0.15) is 0 Å². The van der Waals surface area contributed by atoms with Crippen LogP contribution in [0, 0.1) is 5.41 Å². The monoisotopic (exact) mass is 246 g/mol. The molecule has 0 spiro atoms. The second-order valence-electron chi connectivity index (χ2n) is 5.49. The zero-order chi connectivity index (χ0) is 11.8. The molecule has 1 saturated carbocycles. The van der Waals surface area contributed by atoms with Gasteiger partial charge in [0.2, 0.25) is 0 Å². The van der Waals surface area contributed by atoms with E-state index in [1.54, 1.807) is 0 Å². The molecule has 1 atom stereocenters. The Bertz CT molecular complexity index is 343. The van der Waals surface area contributed by atoms with E-state index in [0.717, 1.165) is 13.1 Å². The minimum absolute atomic E-state index is 0.155. The average Bonchev–Trinajstić information content (AvgIpc) is 2.13. The van der Waals surface area contributed by atoms with Crippen molar-refractivity contribution in [1.29, 1.82) is 0 Å². The minimum Gasteiger partial charge on any atom is -0.330 e. The van der Waals surface area contributed by atoms with Gasteiger partial charge in [-0.3, -0.25) is 4.90 Å². The van der Waals surface area contributed by atoms with Gasteiger partial charge < -0.3 is 5.73 Å². The normalized spacial score (nSPS) is 33.2. The first kappa shape index (κ1) is 12.3. The molecule has 0 aromatic rings. The van der Waals surface area contributed by atoms with Crippen LogP contribution in [0.1, 0.15) is 26.2 Å². The summed E-state index contributed by atoms with van der Waals surface area (Å²) in [5, 5.41) is 0. The molecule has 0 amide bonds. The molecular weight excluding hydrogens is 224 g/mol. The van der Waals surface area contributed by atoms with Crippen molar-refractivity contribution in [2.24, 2.45) is 11.1 Å². The van der Waals surface area contributed by atoms with Crippen LogP contribution in [0.5, 0.6) is 0 Å². The predicted octanol–water partition coefficient (Wildman–Crippen LogP) is 0.234. The summed E-state index contributed by atoms with van der Waals surface area (Å²) in [7, 11) is -2.79. The zero-order valence-corrected chi connectivity index (χ0v) is 10.8. The SMILES string of the molecule is CC1CS(=O)(=O)CCN1CC1(CN)CCC1. The van der Waals surface area contributed by atoms with Crippen LogP contribution in [0.4, 0.5) is 0 Å². The number of sulfone groups is 1. The highest BCUT2D eigenvalue weighted by molar-refractivity contribution is 7.91. The molecule has 16 heavy (non-hydrogen) atoms. The molecule has 0 radical (unpaired) electrons. The molecular formula is C11H22N2O2S. The first-order valence-corrected chi connectivity index (χ1v) is 7.93. The number of nitrogens with zero attached hydrogens (tertiary/aromatic N) is 1. The van der Waals surface area contributed by atoms with Crippen molar-refractivity contribution in [3.63, 3.8) is 0 Å². The van der Waals surface area contributed by atoms with E-state index in [9.17, 15) is 8.42 Å². The maximum atomic E-state index is 11.5. The third-order valence-corrected chi connectivity index (χ3v) is 5.99. The molecule has 1 saturated heterocycles. The van der Waals surface area contributed by atoms with Crippen molar-refractivity contribution < 1.29 is 8.42 Å². The van der Waals surface area contributed by atoms with Gasteiger partial charge in [-0.25, -0.2) is 8.42 Å². The van der Waals surface area contributed by atoms with Gasteiger partial charge in [0, 0.05) is 19.1 Å². The van der Waals surface area contributed by atoms with E-state index in [0.29, 0.717) is 18.1 Å². The topological polar surface area (TPSA) is 63.4 Å². The first-order chi connectivity index (χ1) is 7.46. The van der Waals surface area contributed by atoms with Crippen LogP contribution in [-0.2, 0) is 9.84 Å². The zero-order valence-electron chi connectivity index (χ0n) is 9.98. The largest absolute Gasteiger partial charge is 0.330 e. The lowest BCUT2D eigenvalue weighted by Crippen LogP contribution is -2.54. The Morgan fingerprint density at radius 2 is 2.12 bits per heavy atom. The fourth-order valence-corrected chi connectivity index (χ4v) is 4.43. The Labute approximate surface area is 98.1 Å². The van der Waals surface area contributed by atoms with Crippen molar-refractivity contribution in [1.82, 2.24) is 4.90 Å². The predicted molar refractivity (Wildman–Crippen MR) is 65.0 cm³/mol. The summed E-state index contributed by atoms with van der Waals surface area (Å²) in [5.41, 5.74) is 6.13. The van der Waals surface area contributed by atoms with Gasteiger partial charge in [-0.05, 0) is 31.7 Å². The highest BCUT2D eigenvalue weighted by atomic mass is 32.2. The van der Waals surface area contributed by atoms with E-state index in [4.69, 9.17) is 5.73 Å². The summed E-state index contributed by atoms with van der Waals surface area (Å²) in [6.45, 7) is 4.42. The number of nitrogens with two attached hydrogens (primary N) is 1. The second-order valence-corrected chi connectivity index (χ2v) is 7.72. The lowest BCUT2D eigenvalue weighted by atomic mass is 9.68. The fourth-order valence-electron chi connectivity index (χ4n) is 2.80. The number of rotatable bonds is 3. The first-order valence-electron chi connectivity index (χ1n) is 6.11. The van der Waals surface area contributed by atoms with Crippen LogP contribution in [0.3, 0.4) is 0 Å². The highest BCUT2D eigenvalue weighted by Gasteiger charge is 2.39. The van der Waals surface area contributed by atoms with E-state index < -0.39 is 9.84 Å². The summed E-state index contributed by atoms with van der Waals surface area (Å²) in [6, 6.07) is 0.155. The minimum atomic E-state index is -2.79. The third-order valence-electron chi connectivity index (χ3n) is 4.19. The molecule has 1 unspecified atom stereocenters. The lowest BCUT2D eigenvalue weighted by molar-refractivity contribution is 0.0608. The standard InChI is InChI=1S/C11H22N2O2S/c1-10-7-16(14,15)6-5-13(10)9-11(8-12)3-2-4-11/h10H,2-9,12H2,1H3. The molecule has 94 valence electrons. The molecule has 1 aliphatic carbocycles. The Balaban J connectivity index is 1.96. The van der Waals surface area contributed by atoms with Gasteiger partial charge in [-0.1, -0.05) is 6.42 Å². The second kappa shape index (κ2) is 4.27. The lowest BCUT2D eigenvalue weighted by Gasteiger charge is -2.47. The van der Waals surface area contributed by atoms with Crippen LogP contribution in [0.15, 0.2) is 0 Å². The van der Waals surface area contributed by atoms with Gasteiger partial charge in [0.05, 0.1) is 11.5 Å². The van der Waals surface area contributed by atoms with Gasteiger partial charge in [0.25, 0.3) is 0 Å². The Kier molecular flexibility index (Phi) is 3.29. The van der Waals surface area contributed by atoms with Gasteiger partial charge >= 0.3 is 0 Å². The van der Waals surface area contributed by atoms with E-state index >= 15 is 0 Å². The molecule has 0 bridgehead atoms. The van der Waals surface area contributed by atoms with Crippen molar-refractivity contribution in [2.75, 3.05) is 31.1 Å². The van der Waals surface area contributed by atoms with Crippen LogP contribution in [0.2, 0.25) is 0 Å². The summed E-state index contributed by atoms with van der Waals surface area (Å²) in [4.78, 5) is 2.31. The molecule has 1 heterocycles. The summed E-state index contributed by atoms with van der Waals surface area (Å²) in [6.07, 6.45) is 3.69. The molecule has 4 nitrogen and oxygen atoms in total. The maximum absolute atomic E-state index is 11.5. The summed E-state index contributed by atoms with van der Waals surface area (Å²) in [5.74, 6) is 0.631. The van der Waals surface area contributed by atoms with E-state index in [1.807, 2.05) is 6.92 Å². The molecule has 0 aromatic carbocycles. The third kappa shape index (κ3) is 2.41. The highest BCUT2D eigenvalue weighted by Crippen LogP contribution is 2.41. The molecule has 2 N–H and O–H groups in total. The Morgan fingerprint density at radius 3 is 2.56 bits per heavy atom. The Morgan fingerprint density at radius 1 is 1.44 bits per heavy atom. The molecule has 5 heteroatoms. The molecule has 2 aliphatic rings. The van der Waals surface area contributed by atoms with Crippen LogP contribution < -0.4 is 5.73 Å². The smallest absolute Gasteiger partial charge is 0.153 e. The molecule has 1 aliphatic heterocycles. The summed E-state index contributed by atoms with van der Waals surface area (Å²) < 4.78 is 22.9. The molecule has 2 rings (SSSR count). The van der Waals surface area contributed by atoms with Crippen LogP contribution >= 0.6 is 0 Å². The van der Waals surface area contributed by atoms with Crippen LogP contribution in [0.25, 0.3) is 0 Å². The van der Waals surface area contributed by atoms with E-state index in [-0.39, 0.29) is 11.5 Å². The molecule has 0 aromatic heterocycles. The average molecular weight is 246 g/mol. The van der Waals surface area contributed by atoms with E-state index in [2.05, 4.69) is 4.90 Å². The Hall–Kier alpha value is -0.130.